The van der Waals surface area contributed by atoms with E-state index in [1.165, 1.54) is 0 Å². The van der Waals surface area contributed by atoms with Gasteiger partial charge >= 0.3 is 0 Å². The van der Waals surface area contributed by atoms with Crippen LogP contribution in [-0.4, -0.2) is 33.4 Å². The van der Waals surface area contributed by atoms with Crippen LogP contribution in [0.5, 0.6) is 5.75 Å². The first-order chi connectivity index (χ1) is 10.7. The second-order valence-corrected chi connectivity index (χ2v) is 5.10. The molecule has 0 aliphatic carbocycles. The quantitative estimate of drug-likeness (QED) is 0.724. The second-order valence-electron chi connectivity index (χ2n) is 5.10. The molecule has 3 rings (SSSR count). The van der Waals surface area contributed by atoms with E-state index in [0.717, 1.165) is 28.2 Å². The van der Waals surface area contributed by atoms with Gasteiger partial charge in [-0.3, -0.25) is 4.68 Å². The van der Waals surface area contributed by atoms with E-state index < -0.39 is 0 Å². The SMILES string of the molecule is CCOc1ccccc1CN(C)c1ncnc2c1cnn2C. The molecule has 2 heterocycles. The first-order valence-corrected chi connectivity index (χ1v) is 7.25. The van der Waals surface area contributed by atoms with Gasteiger partial charge in [0.25, 0.3) is 0 Å². The molecule has 3 aromatic rings. The fourth-order valence-corrected chi connectivity index (χ4v) is 2.52. The molecule has 0 saturated carbocycles. The predicted molar refractivity (Wildman–Crippen MR) is 86.0 cm³/mol. The zero-order valence-corrected chi connectivity index (χ0v) is 13.0. The lowest BCUT2D eigenvalue weighted by atomic mass is 10.2. The Morgan fingerprint density at radius 2 is 2.05 bits per heavy atom. The van der Waals surface area contributed by atoms with Gasteiger partial charge in [-0.1, -0.05) is 18.2 Å². The molecule has 6 heteroatoms. The zero-order valence-electron chi connectivity index (χ0n) is 13.0. The standard InChI is InChI=1S/C16H19N5O/c1-4-22-14-8-6-5-7-12(14)10-20(2)15-13-9-19-21(3)16(13)18-11-17-15/h5-9,11H,4,10H2,1-3H3. The van der Waals surface area contributed by atoms with Gasteiger partial charge in [0.05, 0.1) is 18.2 Å². The molecule has 0 amide bonds. The molecule has 0 aliphatic rings. The topological polar surface area (TPSA) is 56.1 Å². The van der Waals surface area contributed by atoms with E-state index in [2.05, 4.69) is 26.0 Å². The molecule has 0 atom stereocenters. The van der Waals surface area contributed by atoms with Crippen molar-refractivity contribution in [2.45, 2.75) is 13.5 Å². The molecule has 114 valence electrons. The highest BCUT2D eigenvalue weighted by Gasteiger charge is 2.13. The molecular weight excluding hydrogens is 278 g/mol. The Balaban J connectivity index is 1.92. The Morgan fingerprint density at radius 1 is 1.23 bits per heavy atom. The average Bonchev–Trinajstić information content (AvgIpc) is 2.91. The number of nitrogens with zero attached hydrogens (tertiary/aromatic N) is 5. The summed E-state index contributed by atoms with van der Waals surface area (Å²) in [6.07, 6.45) is 3.37. The molecule has 0 unspecified atom stereocenters. The normalized spacial score (nSPS) is 10.9. The van der Waals surface area contributed by atoms with Crippen LogP contribution in [0.15, 0.2) is 36.8 Å². The number of anilines is 1. The lowest BCUT2D eigenvalue weighted by Crippen LogP contribution is -2.18. The number of rotatable bonds is 5. The molecule has 2 aromatic heterocycles. The average molecular weight is 297 g/mol. The third kappa shape index (κ3) is 2.59. The minimum Gasteiger partial charge on any atom is -0.494 e. The molecule has 0 N–H and O–H groups in total. The van der Waals surface area contributed by atoms with E-state index in [9.17, 15) is 0 Å². The molecule has 6 nitrogen and oxygen atoms in total. The first kappa shape index (κ1) is 14.3. The van der Waals surface area contributed by atoms with Crippen molar-refractivity contribution < 1.29 is 4.74 Å². The second kappa shape index (κ2) is 6.01. The van der Waals surface area contributed by atoms with Crippen LogP contribution in [0, 0.1) is 0 Å². The largest absolute Gasteiger partial charge is 0.494 e. The highest BCUT2D eigenvalue weighted by Crippen LogP contribution is 2.25. The van der Waals surface area contributed by atoms with Crippen molar-refractivity contribution in [1.82, 2.24) is 19.7 Å². The summed E-state index contributed by atoms with van der Waals surface area (Å²) < 4.78 is 7.44. The van der Waals surface area contributed by atoms with Crippen LogP contribution in [0.4, 0.5) is 5.82 Å². The van der Waals surface area contributed by atoms with E-state index in [0.29, 0.717) is 13.2 Å². The van der Waals surface area contributed by atoms with Gasteiger partial charge in [-0.25, -0.2) is 9.97 Å². The highest BCUT2D eigenvalue weighted by atomic mass is 16.5. The van der Waals surface area contributed by atoms with E-state index in [4.69, 9.17) is 4.74 Å². The van der Waals surface area contributed by atoms with Gasteiger partial charge in [-0.2, -0.15) is 5.10 Å². The van der Waals surface area contributed by atoms with Crippen molar-refractivity contribution in [2.24, 2.45) is 7.05 Å². The van der Waals surface area contributed by atoms with Crippen LogP contribution in [0.25, 0.3) is 11.0 Å². The van der Waals surface area contributed by atoms with Crippen LogP contribution in [-0.2, 0) is 13.6 Å². The molecule has 0 saturated heterocycles. The molecule has 1 aromatic carbocycles. The van der Waals surface area contributed by atoms with E-state index in [-0.39, 0.29) is 0 Å². The van der Waals surface area contributed by atoms with Gasteiger partial charge in [-0.15, -0.1) is 0 Å². The van der Waals surface area contributed by atoms with Gasteiger partial charge in [0.2, 0.25) is 0 Å². The summed E-state index contributed by atoms with van der Waals surface area (Å²) in [6.45, 7) is 3.35. The smallest absolute Gasteiger partial charge is 0.163 e. The fourth-order valence-electron chi connectivity index (χ4n) is 2.52. The summed E-state index contributed by atoms with van der Waals surface area (Å²) in [5.41, 5.74) is 1.96. The van der Waals surface area contributed by atoms with E-state index in [1.807, 2.05) is 39.2 Å². The van der Waals surface area contributed by atoms with Crippen LogP contribution >= 0.6 is 0 Å². The van der Waals surface area contributed by atoms with E-state index in [1.54, 1.807) is 17.2 Å². The Hall–Kier alpha value is -2.63. The summed E-state index contributed by atoms with van der Waals surface area (Å²) >= 11 is 0. The molecule has 22 heavy (non-hydrogen) atoms. The molecule has 0 bridgehead atoms. The number of fused-ring (bicyclic) bond motifs is 1. The van der Waals surface area contributed by atoms with Gasteiger partial charge in [0.15, 0.2) is 5.65 Å². The van der Waals surface area contributed by atoms with Gasteiger partial charge in [0.1, 0.15) is 17.9 Å². The first-order valence-electron chi connectivity index (χ1n) is 7.25. The van der Waals surface area contributed by atoms with Crippen molar-refractivity contribution in [1.29, 1.82) is 0 Å². The minimum absolute atomic E-state index is 0.654. The van der Waals surface area contributed by atoms with Crippen LogP contribution in [0.1, 0.15) is 12.5 Å². The number of hydrogen-bond acceptors (Lipinski definition) is 5. The van der Waals surface area contributed by atoms with Crippen molar-refractivity contribution in [2.75, 3.05) is 18.6 Å². The third-order valence-electron chi connectivity index (χ3n) is 3.55. The van der Waals surface area contributed by atoms with Crippen molar-refractivity contribution in [3.05, 3.63) is 42.4 Å². The van der Waals surface area contributed by atoms with Gasteiger partial charge < -0.3 is 9.64 Å². The third-order valence-corrected chi connectivity index (χ3v) is 3.55. The summed E-state index contributed by atoms with van der Waals surface area (Å²) in [4.78, 5) is 10.8. The zero-order chi connectivity index (χ0) is 15.5. The molecule has 0 spiro atoms. The van der Waals surface area contributed by atoms with Crippen molar-refractivity contribution in [3.63, 3.8) is 0 Å². The van der Waals surface area contributed by atoms with Crippen LogP contribution < -0.4 is 9.64 Å². The highest BCUT2D eigenvalue weighted by molar-refractivity contribution is 5.86. The van der Waals surface area contributed by atoms with Crippen LogP contribution in [0.3, 0.4) is 0 Å². The lowest BCUT2D eigenvalue weighted by molar-refractivity contribution is 0.336. The van der Waals surface area contributed by atoms with Crippen LogP contribution in [0.2, 0.25) is 0 Å². The molecule has 0 radical (unpaired) electrons. The maximum atomic E-state index is 5.69. The van der Waals surface area contributed by atoms with Gasteiger partial charge in [-0.05, 0) is 13.0 Å². The Bertz CT molecular complexity index is 783. The number of para-hydroxylation sites is 1. The Kier molecular flexibility index (Phi) is 3.91. The lowest BCUT2D eigenvalue weighted by Gasteiger charge is -2.20. The Morgan fingerprint density at radius 3 is 2.86 bits per heavy atom. The molecule has 0 aliphatic heterocycles. The maximum absolute atomic E-state index is 5.69. The molecule has 0 fully saturated rings. The number of hydrogen-bond donors (Lipinski definition) is 0. The number of aromatic nitrogens is 4. The van der Waals surface area contributed by atoms with Crippen molar-refractivity contribution in [3.8, 4) is 5.75 Å². The number of benzene rings is 1. The van der Waals surface area contributed by atoms with Gasteiger partial charge in [0, 0.05) is 26.2 Å². The Labute approximate surface area is 129 Å². The fraction of sp³-hybridized carbons (Fsp3) is 0.312. The summed E-state index contributed by atoms with van der Waals surface area (Å²) in [7, 11) is 3.89. The monoisotopic (exact) mass is 297 g/mol. The molecular formula is C16H19N5O. The van der Waals surface area contributed by atoms with Crippen molar-refractivity contribution >= 4 is 16.9 Å². The maximum Gasteiger partial charge on any atom is 0.163 e. The summed E-state index contributed by atoms with van der Waals surface area (Å²) in [5.74, 6) is 1.78. The number of ether oxygens (including phenoxy) is 1. The number of aryl methyl sites for hydroxylation is 1. The summed E-state index contributed by atoms with van der Waals surface area (Å²) in [6, 6.07) is 8.07. The summed E-state index contributed by atoms with van der Waals surface area (Å²) in [5, 5.41) is 5.20. The minimum atomic E-state index is 0.654. The predicted octanol–water partition coefficient (Wildman–Crippen LogP) is 2.40. The van der Waals surface area contributed by atoms with E-state index >= 15 is 0 Å².